The number of nitrogens with zero attached hydrogens (tertiary/aromatic N) is 1. The van der Waals surface area contributed by atoms with Gasteiger partial charge in [0, 0.05) is 36.9 Å². The Morgan fingerprint density at radius 1 is 1.23 bits per heavy atom. The fraction of sp³-hybridized carbons (Fsp3) is 0.350. The molecule has 0 spiro atoms. The molecule has 1 aromatic heterocycles. The number of amides is 1. The van der Waals surface area contributed by atoms with Crippen molar-refractivity contribution >= 4 is 17.6 Å². The van der Waals surface area contributed by atoms with E-state index in [0.717, 1.165) is 18.4 Å². The van der Waals surface area contributed by atoms with Crippen molar-refractivity contribution in [2.24, 2.45) is 0 Å². The Bertz CT molecular complexity index is 787. The third kappa shape index (κ3) is 5.05. The number of carbonyl (C=O) groups excluding carboxylic acids is 2. The summed E-state index contributed by atoms with van der Waals surface area (Å²) < 4.78 is 10.7. The highest BCUT2D eigenvalue weighted by atomic mass is 16.5. The molecular formula is C20H22N2O4. The highest BCUT2D eigenvalue weighted by molar-refractivity contribution is 6.04. The van der Waals surface area contributed by atoms with Gasteiger partial charge >= 0.3 is 5.97 Å². The molecule has 1 fully saturated rings. The molecule has 1 heterocycles. The second-order valence-corrected chi connectivity index (χ2v) is 6.30. The summed E-state index contributed by atoms with van der Waals surface area (Å²) >= 11 is 0. The summed E-state index contributed by atoms with van der Waals surface area (Å²) in [4.78, 5) is 27.5. The van der Waals surface area contributed by atoms with Crippen LogP contribution >= 0.6 is 0 Å². The first-order chi connectivity index (χ1) is 12.6. The first-order valence-corrected chi connectivity index (χ1v) is 8.76. The monoisotopic (exact) mass is 354 g/mol. The fourth-order valence-electron chi connectivity index (χ4n) is 2.59. The van der Waals surface area contributed by atoms with Crippen LogP contribution in [0.3, 0.4) is 0 Å². The smallest absolute Gasteiger partial charge is 0.302 e. The number of aromatic nitrogens is 1. The van der Waals surface area contributed by atoms with E-state index in [1.807, 2.05) is 24.3 Å². The van der Waals surface area contributed by atoms with Crippen LogP contribution in [0.15, 0.2) is 42.6 Å². The van der Waals surface area contributed by atoms with Gasteiger partial charge in [-0.3, -0.25) is 9.59 Å². The van der Waals surface area contributed by atoms with E-state index < -0.39 is 0 Å². The molecule has 1 aliphatic carbocycles. The number of benzene rings is 1. The number of rotatable bonds is 7. The molecule has 0 radical (unpaired) electrons. The molecule has 6 nitrogen and oxygen atoms in total. The highest BCUT2D eigenvalue weighted by Crippen LogP contribution is 2.24. The lowest BCUT2D eigenvalue weighted by atomic mass is 9.96. The maximum Gasteiger partial charge on any atom is 0.302 e. The van der Waals surface area contributed by atoms with E-state index in [4.69, 9.17) is 9.47 Å². The standard InChI is InChI=1S/C20H22N2O4/c1-14(23)25-11-9-15-4-2-5-17(12-15)22-20(24)16-8-10-21-19(13-16)26-18-6-3-7-18/h2,4-5,8,10,12-13,18H,3,6-7,9,11H2,1H3,(H,22,24). The van der Waals surface area contributed by atoms with Crippen LogP contribution in [0.1, 0.15) is 42.1 Å². The van der Waals surface area contributed by atoms with Crippen molar-refractivity contribution in [2.45, 2.75) is 38.7 Å². The molecule has 6 heteroatoms. The topological polar surface area (TPSA) is 77.5 Å². The maximum atomic E-state index is 12.5. The molecule has 2 aromatic rings. The lowest BCUT2D eigenvalue weighted by Crippen LogP contribution is -2.25. The summed E-state index contributed by atoms with van der Waals surface area (Å²) in [5.41, 5.74) is 2.17. The number of hydrogen-bond donors (Lipinski definition) is 1. The Balaban J connectivity index is 1.60. The second-order valence-electron chi connectivity index (χ2n) is 6.30. The van der Waals surface area contributed by atoms with Gasteiger partial charge in [0.25, 0.3) is 5.91 Å². The molecule has 0 atom stereocenters. The second kappa shape index (κ2) is 8.47. The normalized spacial score (nSPS) is 13.6. The van der Waals surface area contributed by atoms with Gasteiger partial charge in [-0.2, -0.15) is 0 Å². The molecular weight excluding hydrogens is 332 g/mol. The van der Waals surface area contributed by atoms with E-state index >= 15 is 0 Å². The molecule has 1 amide bonds. The van der Waals surface area contributed by atoms with E-state index in [9.17, 15) is 9.59 Å². The number of hydrogen-bond acceptors (Lipinski definition) is 5. The summed E-state index contributed by atoms with van der Waals surface area (Å²) in [6, 6.07) is 10.8. The molecule has 1 N–H and O–H groups in total. The van der Waals surface area contributed by atoms with Gasteiger partial charge in [-0.05, 0) is 43.0 Å². The summed E-state index contributed by atoms with van der Waals surface area (Å²) in [6.07, 6.45) is 5.65. The first kappa shape index (κ1) is 17.9. The average Bonchev–Trinajstić information content (AvgIpc) is 2.58. The molecule has 26 heavy (non-hydrogen) atoms. The molecule has 3 rings (SSSR count). The quantitative estimate of drug-likeness (QED) is 0.772. The Morgan fingerprint density at radius 2 is 2.08 bits per heavy atom. The molecule has 0 unspecified atom stereocenters. The van der Waals surface area contributed by atoms with Crippen molar-refractivity contribution in [3.8, 4) is 5.88 Å². The van der Waals surface area contributed by atoms with Gasteiger partial charge in [0.1, 0.15) is 6.10 Å². The van der Waals surface area contributed by atoms with Crippen LogP contribution in [0, 0.1) is 0 Å². The summed E-state index contributed by atoms with van der Waals surface area (Å²) in [7, 11) is 0. The van der Waals surface area contributed by atoms with Gasteiger partial charge in [-0.25, -0.2) is 4.98 Å². The minimum absolute atomic E-state index is 0.217. The third-order valence-electron chi connectivity index (χ3n) is 4.22. The number of esters is 1. The third-order valence-corrected chi connectivity index (χ3v) is 4.22. The molecule has 1 aliphatic rings. The van der Waals surface area contributed by atoms with Gasteiger partial charge in [0.05, 0.1) is 6.61 Å². The average molecular weight is 354 g/mol. The zero-order valence-corrected chi connectivity index (χ0v) is 14.7. The molecule has 0 saturated heterocycles. The van der Waals surface area contributed by atoms with Crippen LogP contribution < -0.4 is 10.1 Å². The maximum absolute atomic E-state index is 12.5. The van der Waals surface area contributed by atoms with E-state index in [1.165, 1.54) is 13.3 Å². The molecule has 136 valence electrons. The Morgan fingerprint density at radius 3 is 2.81 bits per heavy atom. The van der Waals surface area contributed by atoms with Crippen LogP contribution in [0.5, 0.6) is 5.88 Å². The molecule has 0 bridgehead atoms. The summed E-state index contributed by atoms with van der Waals surface area (Å²) in [5, 5.41) is 2.88. The molecule has 1 saturated carbocycles. The number of ether oxygens (including phenoxy) is 2. The van der Waals surface area contributed by atoms with Crippen molar-refractivity contribution in [2.75, 3.05) is 11.9 Å². The highest BCUT2D eigenvalue weighted by Gasteiger charge is 2.20. The van der Waals surface area contributed by atoms with Crippen LogP contribution in [0.25, 0.3) is 0 Å². The van der Waals surface area contributed by atoms with Crippen molar-refractivity contribution in [1.82, 2.24) is 4.98 Å². The van der Waals surface area contributed by atoms with Gasteiger partial charge in [0.15, 0.2) is 0 Å². The zero-order chi connectivity index (χ0) is 18.4. The lowest BCUT2D eigenvalue weighted by molar-refractivity contribution is -0.140. The Labute approximate surface area is 152 Å². The summed E-state index contributed by atoms with van der Waals surface area (Å²) in [5.74, 6) is -0.0347. The van der Waals surface area contributed by atoms with Crippen LogP contribution in [0.2, 0.25) is 0 Å². The zero-order valence-electron chi connectivity index (χ0n) is 14.7. The number of pyridine rings is 1. The number of nitrogens with one attached hydrogen (secondary N) is 1. The SMILES string of the molecule is CC(=O)OCCc1cccc(NC(=O)c2ccnc(OC3CCC3)c2)c1. The van der Waals surface area contributed by atoms with Gasteiger partial charge in [0.2, 0.25) is 5.88 Å². The van der Waals surface area contributed by atoms with E-state index in [-0.39, 0.29) is 18.0 Å². The number of carbonyl (C=O) groups is 2. The number of anilines is 1. The van der Waals surface area contributed by atoms with Crippen LogP contribution in [-0.2, 0) is 16.0 Å². The Kier molecular flexibility index (Phi) is 5.84. The largest absolute Gasteiger partial charge is 0.474 e. The predicted molar refractivity (Wildman–Crippen MR) is 97.2 cm³/mol. The Hall–Kier alpha value is -2.89. The van der Waals surface area contributed by atoms with Crippen LogP contribution in [0.4, 0.5) is 5.69 Å². The van der Waals surface area contributed by atoms with Crippen molar-refractivity contribution in [1.29, 1.82) is 0 Å². The minimum Gasteiger partial charge on any atom is -0.474 e. The van der Waals surface area contributed by atoms with Crippen molar-refractivity contribution in [3.63, 3.8) is 0 Å². The minimum atomic E-state index is -0.299. The fourth-order valence-corrected chi connectivity index (χ4v) is 2.59. The lowest BCUT2D eigenvalue weighted by Gasteiger charge is -2.25. The van der Waals surface area contributed by atoms with Gasteiger partial charge in [-0.15, -0.1) is 0 Å². The van der Waals surface area contributed by atoms with E-state index in [2.05, 4.69) is 10.3 Å². The molecule has 0 aliphatic heterocycles. The van der Waals surface area contributed by atoms with Crippen molar-refractivity contribution < 1.29 is 19.1 Å². The van der Waals surface area contributed by atoms with E-state index in [0.29, 0.717) is 30.2 Å². The predicted octanol–water partition coefficient (Wildman–Crippen LogP) is 3.37. The van der Waals surface area contributed by atoms with Crippen LogP contribution in [-0.4, -0.2) is 29.6 Å². The van der Waals surface area contributed by atoms with Crippen molar-refractivity contribution in [3.05, 3.63) is 53.7 Å². The molecule has 1 aromatic carbocycles. The van der Waals surface area contributed by atoms with E-state index in [1.54, 1.807) is 18.3 Å². The van der Waals surface area contributed by atoms with Gasteiger partial charge in [-0.1, -0.05) is 12.1 Å². The summed E-state index contributed by atoms with van der Waals surface area (Å²) in [6.45, 7) is 1.70. The van der Waals surface area contributed by atoms with Gasteiger partial charge < -0.3 is 14.8 Å². The first-order valence-electron chi connectivity index (χ1n) is 8.76.